The lowest BCUT2D eigenvalue weighted by Crippen LogP contribution is -2.45. The van der Waals surface area contributed by atoms with Gasteiger partial charge in [-0.05, 0) is 38.8 Å². The van der Waals surface area contributed by atoms with E-state index in [1.165, 1.54) is 40.0 Å². The van der Waals surface area contributed by atoms with E-state index in [9.17, 15) is 38.1 Å². The van der Waals surface area contributed by atoms with Crippen molar-refractivity contribution < 1.29 is 47.6 Å². The van der Waals surface area contributed by atoms with Crippen LogP contribution in [0.2, 0.25) is 0 Å². The van der Waals surface area contributed by atoms with Gasteiger partial charge in [-0.1, -0.05) is 53.3 Å². The topological polar surface area (TPSA) is 139 Å². The number of allylic oxidation sites excluding steroid dienone is 2. The Kier molecular flexibility index (Phi) is 14.4. The van der Waals surface area contributed by atoms with E-state index in [1.807, 2.05) is 0 Å². The lowest BCUT2D eigenvalue weighted by atomic mass is 9.73. The molecule has 0 heterocycles. The molecule has 8 nitrogen and oxygen atoms in total. The normalized spacial score (nSPS) is 18.9. The van der Waals surface area contributed by atoms with E-state index < -0.39 is 71.9 Å². The third kappa shape index (κ3) is 11.5. The van der Waals surface area contributed by atoms with Crippen molar-refractivity contribution in [1.29, 1.82) is 0 Å². The van der Waals surface area contributed by atoms with E-state index in [2.05, 4.69) is 6.58 Å². The number of nitrogens with two attached hydrogens (primary N) is 1. The molecule has 0 aliphatic carbocycles. The van der Waals surface area contributed by atoms with Crippen LogP contribution in [0.4, 0.5) is 13.2 Å². The van der Waals surface area contributed by atoms with Crippen molar-refractivity contribution in [3.8, 4) is 0 Å². The van der Waals surface area contributed by atoms with E-state index in [1.54, 1.807) is 26.8 Å². The Hall–Kier alpha value is -2.63. The van der Waals surface area contributed by atoms with Gasteiger partial charge in [0.25, 0.3) is 0 Å². The number of hydrogen-bond acceptors (Lipinski definition) is 8. The zero-order valence-electron chi connectivity index (χ0n) is 24.7. The number of alkyl halides is 3. The summed E-state index contributed by atoms with van der Waals surface area (Å²) in [4.78, 5) is 25.8. The van der Waals surface area contributed by atoms with Crippen LogP contribution in [0.1, 0.15) is 74.7 Å². The average Bonchev–Trinajstić information content (AvgIpc) is 2.83. The van der Waals surface area contributed by atoms with E-state index in [4.69, 9.17) is 15.2 Å². The molecule has 0 saturated carbocycles. The van der Waals surface area contributed by atoms with Crippen LogP contribution in [0.3, 0.4) is 0 Å². The summed E-state index contributed by atoms with van der Waals surface area (Å²) in [6, 6.07) is 0. The molecule has 40 heavy (non-hydrogen) atoms. The molecule has 1 unspecified atom stereocenters. The average molecular weight is 578 g/mol. The first kappa shape index (κ1) is 37.4. The maximum Gasteiger partial charge on any atom is 0.417 e. The molecule has 0 rings (SSSR count). The van der Waals surface area contributed by atoms with Gasteiger partial charge in [0.15, 0.2) is 5.60 Å². The van der Waals surface area contributed by atoms with Gasteiger partial charge in [-0.2, -0.15) is 13.2 Å². The Balaban J connectivity index is 5.32. The van der Waals surface area contributed by atoms with Gasteiger partial charge in [0.1, 0.15) is 18.1 Å². The molecular weight excluding hydrogens is 531 g/mol. The molecule has 11 heteroatoms. The first-order valence-corrected chi connectivity index (χ1v) is 13.1. The van der Waals surface area contributed by atoms with Crippen LogP contribution in [0.25, 0.3) is 0 Å². The highest BCUT2D eigenvalue weighted by atomic mass is 19.4. The lowest BCUT2D eigenvalue weighted by Gasteiger charge is -2.34. The van der Waals surface area contributed by atoms with Crippen molar-refractivity contribution in [2.45, 2.75) is 105 Å². The molecule has 0 aromatic rings. The number of halogens is 3. The minimum atomic E-state index is -4.82. The van der Waals surface area contributed by atoms with E-state index in [0.29, 0.717) is 24.7 Å². The fourth-order valence-electron chi connectivity index (χ4n) is 3.78. The Morgan fingerprint density at radius 1 is 1.10 bits per heavy atom. The number of Topliss-reactive ketones (excluding diaryl/α,β-unsaturated/α-hetero) is 1. The van der Waals surface area contributed by atoms with Crippen LogP contribution >= 0.6 is 0 Å². The highest BCUT2D eigenvalue weighted by Gasteiger charge is 2.49. The summed E-state index contributed by atoms with van der Waals surface area (Å²) < 4.78 is 49.1. The summed E-state index contributed by atoms with van der Waals surface area (Å²) >= 11 is 0. The second-order valence-electron chi connectivity index (χ2n) is 11.1. The number of aliphatic hydroxyl groups is 3. The Morgan fingerprint density at radius 3 is 2.12 bits per heavy atom. The van der Waals surface area contributed by atoms with Crippen LogP contribution in [-0.2, 0) is 19.1 Å². The quantitative estimate of drug-likeness (QED) is 0.0884. The van der Waals surface area contributed by atoms with Gasteiger partial charge in [-0.25, -0.2) is 0 Å². The third-order valence-corrected chi connectivity index (χ3v) is 6.80. The van der Waals surface area contributed by atoms with Crippen molar-refractivity contribution in [2.75, 3.05) is 0 Å². The Labute approximate surface area is 235 Å². The van der Waals surface area contributed by atoms with E-state index in [-0.39, 0.29) is 5.70 Å². The number of carbonyl (C=O) groups is 2. The Bertz CT molecular complexity index is 967. The van der Waals surface area contributed by atoms with Gasteiger partial charge in [0, 0.05) is 18.3 Å². The molecule has 6 atom stereocenters. The summed E-state index contributed by atoms with van der Waals surface area (Å²) in [7, 11) is 0. The number of ether oxygens (including phenoxy) is 2. The minimum absolute atomic E-state index is 0.282. The first-order valence-electron chi connectivity index (χ1n) is 13.1. The summed E-state index contributed by atoms with van der Waals surface area (Å²) in [6.07, 6.45) is -3.69. The number of rotatable bonds is 16. The second kappa shape index (κ2) is 15.4. The van der Waals surface area contributed by atoms with Crippen molar-refractivity contribution in [3.63, 3.8) is 0 Å². The summed E-state index contributed by atoms with van der Waals surface area (Å²) in [5.74, 6) is -2.59. The van der Waals surface area contributed by atoms with Crippen molar-refractivity contribution in [2.24, 2.45) is 23.0 Å². The van der Waals surface area contributed by atoms with Crippen molar-refractivity contribution >= 4 is 11.8 Å². The highest BCUT2D eigenvalue weighted by Crippen LogP contribution is 2.34. The fourth-order valence-corrected chi connectivity index (χ4v) is 3.78. The van der Waals surface area contributed by atoms with Gasteiger partial charge in [0.2, 0.25) is 0 Å². The molecule has 0 fully saturated rings. The molecular formula is C29H46F3NO7. The lowest BCUT2D eigenvalue weighted by molar-refractivity contribution is -0.251. The van der Waals surface area contributed by atoms with Crippen LogP contribution in [0.15, 0.2) is 48.1 Å². The van der Waals surface area contributed by atoms with Gasteiger partial charge >= 0.3 is 12.1 Å². The zero-order valence-corrected chi connectivity index (χ0v) is 24.7. The maximum atomic E-state index is 13.2. The summed E-state index contributed by atoms with van der Waals surface area (Å²) in [5, 5.41) is 31.0. The molecule has 0 aromatic heterocycles. The van der Waals surface area contributed by atoms with Crippen LogP contribution in [0.5, 0.6) is 0 Å². The molecule has 0 aliphatic rings. The van der Waals surface area contributed by atoms with Gasteiger partial charge in [-0.3, -0.25) is 9.59 Å². The van der Waals surface area contributed by atoms with Gasteiger partial charge in [0.05, 0.1) is 35.5 Å². The molecule has 0 spiro atoms. The van der Waals surface area contributed by atoms with Gasteiger partial charge < -0.3 is 30.5 Å². The SMILES string of the molecule is C=C(C)O/C=C(N)/C=C(\C)[C@H](CC)OC(=O)C[C@H](O)C(C)(C)C(=O)[C@H](C)[C@@H](O)[C@@H](C)/C=C/CC(C)(O)C(F)(F)F. The largest absolute Gasteiger partial charge is 0.468 e. The first-order chi connectivity index (χ1) is 18.1. The summed E-state index contributed by atoms with van der Waals surface area (Å²) in [5.41, 5.74) is 2.41. The molecule has 0 bridgehead atoms. The van der Waals surface area contributed by atoms with E-state index >= 15 is 0 Å². The van der Waals surface area contributed by atoms with Crippen molar-refractivity contribution in [1.82, 2.24) is 0 Å². The zero-order chi connectivity index (χ0) is 31.6. The summed E-state index contributed by atoms with van der Waals surface area (Å²) in [6.45, 7) is 15.2. The van der Waals surface area contributed by atoms with E-state index in [0.717, 1.165) is 6.08 Å². The Morgan fingerprint density at radius 2 is 1.65 bits per heavy atom. The van der Waals surface area contributed by atoms with Crippen LogP contribution in [0, 0.1) is 17.3 Å². The standard InChI is InChI=1S/C29H46F3NO7/c1-10-22(19(5)14-21(33)16-39-17(2)3)40-24(35)15-23(34)27(7,8)26(37)20(6)25(36)18(4)12-11-13-28(9,38)29(30,31)32/h11-12,14,16,18,20,22-23,25,34,36,38H,2,10,13,15,33H2,1,3-9H3/b12-11+,19-14+,21-16-/t18-,20+,22-,23-,25-,28?/m0/s1. The predicted molar refractivity (Wildman–Crippen MR) is 146 cm³/mol. The number of ketones is 1. The van der Waals surface area contributed by atoms with Crippen LogP contribution < -0.4 is 5.73 Å². The molecule has 0 aliphatic heterocycles. The second-order valence-corrected chi connectivity index (χ2v) is 11.1. The molecule has 0 saturated heterocycles. The fraction of sp³-hybridized carbons (Fsp3) is 0.655. The number of esters is 1. The molecule has 230 valence electrons. The van der Waals surface area contributed by atoms with Gasteiger partial charge in [-0.15, -0.1) is 0 Å². The molecule has 0 aromatic carbocycles. The minimum Gasteiger partial charge on any atom is -0.468 e. The molecule has 0 amide bonds. The number of carbonyl (C=O) groups excluding carboxylic acids is 2. The monoisotopic (exact) mass is 577 g/mol. The number of aliphatic hydroxyl groups excluding tert-OH is 2. The number of hydrogen-bond donors (Lipinski definition) is 4. The van der Waals surface area contributed by atoms with Crippen molar-refractivity contribution in [3.05, 3.63) is 48.1 Å². The molecule has 0 radical (unpaired) electrons. The third-order valence-electron chi connectivity index (χ3n) is 6.80. The molecule has 5 N–H and O–H groups in total. The maximum absolute atomic E-state index is 13.2. The smallest absolute Gasteiger partial charge is 0.417 e. The predicted octanol–water partition coefficient (Wildman–Crippen LogP) is 4.84. The van der Waals surface area contributed by atoms with Crippen LogP contribution in [-0.4, -0.2) is 57.2 Å². The highest BCUT2D eigenvalue weighted by molar-refractivity contribution is 5.88.